The fourth-order valence-electron chi connectivity index (χ4n) is 4.30. The Balaban J connectivity index is 1.72. The minimum absolute atomic E-state index is 0.0418. The van der Waals surface area contributed by atoms with E-state index in [1.807, 2.05) is 13.8 Å². The molecule has 2 fully saturated rings. The van der Waals surface area contributed by atoms with Gasteiger partial charge in [-0.2, -0.15) is 9.61 Å². The first-order valence-corrected chi connectivity index (χ1v) is 11.4. The van der Waals surface area contributed by atoms with Crippen LogP contribution in [0.1, 0.15) is 55.5 Å². The summed E-state index contributed by atoms with van der Waals surface area (Å²) in [5, 5.41) is 17.7. The zero-order chi connectivity index (χ0) is 23.7. The first-order valence-electron chi connectivity index (χ1n) is 11.4. The van der Waals surface area contributed by atoms with Gasteiger partial charge in [0.2, 0.25) is 11.8 Å². The number of carbonyl (C=O) groups excluding carboxylic acids is 2. The molecule has 33 heavy (non-hydrogen) atoms. The smallest absolute Gasteiger partial charge is 0.270 e. The lowest BCUT2D eigenvalue weighted by Crippen LogP contribution is -2.37. The number of hydrogen-bond acceptors (Lipinski definition) is 6. The Morgan fingerprint density at radius 1 is 1.33 bits per heavy atom. The molecule has 2 aromatic rings. The molecule has 0 aromatic carbocycles. The zero-order valence-electron chi connectivity index (χ0n) is 19.3. The van der Waals surface area contributed by atoms with Crippen LogP contribution in [0.15, 0.2) is 17.1 Å². The summed E-state index contributed by atoms with van der Waals surface area (Å²) in [7, 11) is 1.62. The molecule has 0 spiro atoms. The maximum absolute atomic E-state index is 13.3. The van der Waals surface area contributed by atoms with E-state index in [1.165, 1.54) is 21.4 Å². The van der Waals surface area contributed by atoms with Gasteiger partial charge in [-0.15, -0.1) is 0 Å². The highest BCUT2D eigenvalue weighted by molar-refractivity contribution is 5.97. The first kappa shape index (κ1) is 23.0. The average Bonchev–Trinajstić information content (AvgIpc) is 3.28. The molecule has 2 N–H and O–H groups in total. The van der Waals surface area contributed by atoms with Gasteiger partial charge >= 0.3 is 0 Å². The number of fused-ring (bicyclic) bond motifs is 1. The molecule has 178 valence electrons. The van der Waals surface area contributed by atoms with Crippen molar-refractivity contribution < 1.29 is 19.4 Å². The van der Waals surface area contributed by atoms with Gasteiger partial charge < -0.3 is 20.1 Å². The number of amides is 2. The summed E-state index contributed by atoms with van der Waals surface area (Å²) in [6.07, 6.45) is 8.10. The normalized spacial score (nSPS) is 18.7. The van der Waals surface area contributed by atoms with E-state index in [2.05, 4.69) is 10.4 Å². The third kappa shape index (κ3) is 4.66. The van der Waals surface area contributed by atoms with Gasteiger partial charge in [-0.25, -0.2) is 0 Å². The van der Waals surface area contributed by atoms with Gasteiger partial charge in [0.05, 0.1) is 18.8 Å². The number of nitrogens with one attached hydrogen (secondary N) is 1. The Labute approximate surface area is 191 Å². The van der Waals surface area contributed by atoms with Crippen LogP contribution in [0.3, 0.4) is 0 Å². The molecule has 2 aliphatic rings. The number of rotatable bonds is 8. The molecule has 3 heterocycles. The molecule has 1 aliphatic heterocycles. The second-order valence-electron chi connectivity index (χ2n) is 9.21. The number of aromatic hydroxyl groups is 1. The van der Waals surface area contributed by atoms with Gasteiger partial charge in [-0.05, 0) is 37.7 Å². The summed E-state index contributed by atoms with van der Waals surface area (Å²) in [5.41, 5.74) is -0.0432. The third-order valence-corrected chi connectivity index (χ3v) is 6.02. The maximum atomic E-state index is 13.3. The van der Waals surface area contributed by atoms with Crippen molar-refractivity contribution in [3.8, 4) is 5.88 Å². The highest BCUT2D eigenvalue weighted by Gasteiger charge is 2.30. The monoisotopic (exact) mass is 457 g/mol. The van der Waals surface area contributed by atoms with Crippen LogP contribution in [0.4, 0.5) is 0 Å². The SMILES string of the molecule is COC[C@@H]1CCCN1C(=O)/C=C/c1cnn2c(O)c(C(=O)NC3CC3)c(=O)n(CC(C)C)c12. The standard InChI is InChI=1S/C23H31N5O5/c1-14(2)12-27-21-15(6-9-18(29)26-10-4-5-17(26)13-33-3)11-24-28(21)23(32)19(22(27)31)20(30)25-16-7-8-16/h6,9,11,14,16-17,32H,4-5,7-8,10,12-13H2,1-3H3,(H,25,30)/b9-6+/t17-/m0/s1. The highest BCUT2D eigenvalue weighted by Crippen LogP contribution is 2.24. The van der Waals surface area contributed by atoms with Crippen LogP contribution >= 0.6 is 0 Å². The predicted molar refractivity (Wildman–Crippen MR) is 122 cm³/mol. The molecule has 1 aliphatic carbocycles. The van der Waals surface area contributed by atoms with Crippen molar-refractivity contribution in [2.75, 3.05) is 20.3 Å². The lowest BCUT2D eigenvalue weighted by molar-refractivity contribution is -0.127. The van der Waals surface area contributed by atoms with E-state index in [-0.39, 0.29) is 29.5 Å². The summed E-state index contributed by atoms with van der Waals surface area (Å²) in [5.74, 6) is -1.14. The van der Waals surface area contributed by atoms with Crippen LogP contribution in [0.25, 0.3) is 11.7 Å². The molecule has 10 heteroatoms. The fraction of sp³-hybridized carbons (Fsp3) is 0.565. The van der Waals surface area contributed by atoms with E-state index in [0.29, 0.717) is 30.9 Å². The average molecular weight is 458 g/mol. The van der Waals surface area contributed by atoms with Gasteiger partial charge in [0, 0.05) is 37.9 Å². The molecular weight excluding hydrogens is 426 g/mol. The minimum Gasteiger partial charge on any atom is -0.492 e. The lowest BCUT2D eigenvalue weighted by Gasteiger charge is -2.22. The van der Waals surface area contributed by atoms with Crippen molar-refractivity contribution in [2.24, 2.45) is 5.92 Å². The molecule has 0 radical (unpaired) electrons. The van der Waals surface area contributed by atoms with Crippen LogP contribution in [-0.2, 0) is 16.1 Å². The van der Waals surface area contributed by atoms with E-state index in [1.54, 1.807) is 18.1 Å². The van der Waals surface area contributed by atoms with Crippen LogP contribution in [0, 0.1) is 5.92 Å². The first-order chi connectivity index (χ1) is 15.8. The number of carbonyl (C=O) groups is 2. The number of hydrogen-bond donors (Lipinski definition) is 2. The van der Waals surface area contributed by atoms with Crippen molar-refractivity contribution >= 4 is 23.5 Å². The summed E-state index contributed by atoms with van der Waals surface area (Å²) < 4.78 is 7.87. The van der Waals surface area contributed by atoms with E-state index in [9.17, 15) is 19.5 Å². The Morgan fingerprint density at radius 2 is 2.09 bits per heavy atom. The molecule has 2 amide bonds. The third-order valence-electron chi connectivity index (χ3n) is 6.02. The van der Waals surface area contributed by atoms with Crippen LogP contribution in [-0.4, -0.2) is 68.3 Å². The number of ether oxygens (including phenoxy) is 1. The lowest BCUT2D eigenvalue weighted by atomic mass is 10.2. The minimum atomic E-state index is -0.597. The zero-order valence-corrected chi connectivity index (χ0v) is 19.3. The van der Waals surface area contributed by atoms with Gasteiger partial charge in [0.1, 0.15) is 5.65 Å². The van der Waals surface area contributed by atoms with Crippen molar-refractivity contribution in [3.05, 3.63) is 33.8 Å². The number of nitrogens with zero attached hydrogens (tertiary/aromatic N) is 4. The van der Waals surface area contributed by atoms with E-state index >= 15 is 0 Å². The topological polar surface area (TPSA) is 118 Å². The van der Waals surface area contributed by atoms with Crippen LogP contribution in [0.2, 0.25) is 0 Å². The molecule has 1 saturated heterocycles. The Morgan fingerprint density at radius 3 is 2.76 bits per heavy atom. The maximum Gasteiger partial charge on any atom is 0.270 e. The fourth-order valence-corrected chi connectivity index (χ4v) is 4.30. The molecule has 1 saturated carbocycles. The molecule has 4 rings (SSSR count). The molecule has 0 unspecified atom stereocenters. The molecule has 0 bridgehead atoms. The molecule has 1 atom stereocenters. The molecular formula is C23H31N5O5. The second-order valence-corrected chi connectivity index (χ2v) is 9.21. The highest BCUT2D eigenvalue weighted by atomic mass is 16.5. The number of likely N-dealkylation sites (tertiary alicyclic amines) is 1. The second kappa shape index (κ2) is 9.38. The van der Waals surface area contributed by atoms with Crippen LogP contribution < -0.4 is 10.9 Å². The summed E-state index contributed by atoms with van der Waals surface area (Å²) in [6, 6.07) is 0.0898. The Kier molecular flexibility index (Phi) is 6.55. The van der Waals surface area contributed by atoms with E-state index < -0.39 is 17.3 Å². The molecule has 10 nitrogen and oxygen atoms in total. The van der Waals surface area contributed by atoms with Gasteiger partial charge in [-0.1, -0.05) is 13.8 Å². The van der Waals surface area contributed by atoms with E-state index in [0.717, 1.165) is 25.7 Å². The summed E-state index contributed by atoms with van der Waals surface area (Å²) in [4.78, 5) is 40.5. The van der Waals surface area contributed by atoms with Gasteiger partial charge in [0.25, 0.3) is 11.5 Å². The Bertz CT molecular complexity index is 1140. The molecule has 2 aromatic heterocycles. The largest absolute Gasteiger partial charge is 0.492 e. The van der Waals surface area contributed by atoms with Crippen molar-refractivity contribution in [2.45, 2.75) is 58.2 Å². The van der Waals surface area contributed by atoms with Crippen molar-refractivity contribution in [3.63, 3.8) is 0 Å². The van der Waals surface area contributed by atoms with Crippen molar-refractivity contribution in [1.82, 2.24) is 24.4 Å². The number of methoxy groups -OCH3 is 1. The predicted octanol–water partition coefficient (Wildman–Crippen LogP) is 1.40. The van der Waals surface area contributed by atoms with Gasteiger partial charge in [0.15, 0.2) is 5.56 Å². The summed E-state index contributed by atoms with van der Waals surface area (Å²) >= 11 is 0. The van der Waals surface area contributed by atoms with Gasteiger partial charge in [-0.3, -0.25) is 19.0 Å². The van der Waals surface area contributed by atoms with E-state index in [4.69, 9.17) is 4.74 Å². The Hall–Kier alpha value is -3.14. The number of aromatic nitrogens is 3. The quantitative estimate of drug-likeness (QED) is 0.579. The summed E-state index contributed by atoms with van der Waals surface area (Å²) in [6.45, 7) is 5.40. The van der Waals surface area contributed by atoms with Crippen LogP contribution in [0.5, 0.6) is 5.88 Å². The van der Waals surface area contributed by atoms with Crippen molar-refractivity contribution in [1.29, 1.82) is 0 Å².